The largest absolute Gasteiger partial charge is 0.378 e. The zero-order chi connectivity index (χ0) is 22.1. The fraction of sp³-hybridized carbons (Fsp3) is 0.571. The standard InChI is InChI=1S/C28H39N3O/c1-28(2,3)23-8-4-22(5-9-23)18-30-19-26-25(27(26)20-30)17-29-16-21-6-10-24(11-7-21)31-12-14-32-15-13-31/h4-11,25-27,29H,12-20H2,1-3H3. The number of nitrogens with zero attached hydrogens (tertiary/aromatic N) is 2. The van der Waals surface area contributed by atoms with E-state index in [4.69, 9.17) is 4.74 Å². The van der Waals surface area contributed by atoms with Gasteiger partial charge in [0.1, 0.15) is 0 Å². The molecule has 2 saturated heterocycles. The molecule has 2 aromatic carbocycles. The van der Waals surface area contributed by atoms with Crippen LogP contribution in [0.2, 0.25) is 0 Å². The summed E-state index contributed by atoms with van der Waals surface area (Å²) in [6.07, 6.45) is 0. The van der Waals surface area contributed by atoms with Gasteiger partial charge in [-0.2, -0.15) is 0 Å². The summed E-state index contributed by atoms with van der Waals surface area (Å²) in [4.78, 5) is 5.07. The molecule has 32 heavy (non-hydrogen) atoms. The molecule has 172 valence electrons. The molecule has 0 aromatic heterocycles. The first-order valence-electron chi connectivity index (χ1n) is 12.4. The molecular weight excluding hydrogens is 394 g/mol. The number of fused-ring (bicyclic) bond motifs is 1. The maximum atomic E-state index is 5.45. The Kier molecular flexibility index (Phi) is 6.28. The highest BCUT2D eigenvalue weighted by molar-refractivity contribution is 5.47. The predicted molar refractivity (Wildman–Crippen MR) is 132 cm³/mol. The van der Waals surface area contributed by atoms with E-state index in [0.29, 0.717) is 0 Å². The topological polar surface area (TPSA) is 27.7 Å². The summed E-state index contributed by atoms with van der Waals surface area (Å²) in [5.41, 5.74) is 5.82. The number of benzene rings is 2. The molecule has 4 heteroatoms. The van der Waals surface area contributed by atoms with Crippen LogP contribution in [-0.2, 0) is 23.2 Å². The van der Waals surface area contributed by atoms with Crippen LogP contribution in [-0.4, -0.2) is 50.8 Å². The zero-order valence-corrected chi connectivity index (χ0v) is 20.0. The van der Waals surface area contributed by atoms with E-state index >= 15 is 0 Å². The fourth-order valence-corrected chi connectivity index (χ4v) is 5.57. The third-order valence-electron chi connectivity index (χ3n) is 7.69. The second-order valence-electron chi connectivity index (χ2n) is 11.0. The number of likely N-dealkylation sites (tertiary alicyclic amines) is 1. The van der Waals surface area contributed by atoms with Crippen molar-refractivity contribution < 1.29 is 4.74 Å². The molecule has 1 saturated carbocycles. The number of hydrogen-bond acceptors (Lipinski definition) is 4. The summed E-state index contributed by atoms with van der Waals surface area (Å²) in [5.74, 6) is 2.68. The molecule has 5 rings (SSSR count). The van der Waals surface area contributed by atoms with Crippen LogP contribution < -0.4 is 10.2 Å². The molecule has 2 aliphatic heterocycles. The molecule has 2 aromatic rings. The van der Waals surface area contributed by atoms with Gasteiger partial charge < -0.3 is 15.0 Å². The van der Waals surface area contributed by atoms with Crippen LogP contribution in [0.15, 0.2) is 48.5 Å². The summed E-state index contributed by atoms with van der Waals surface area (Å²) in [6.45, 7) is 16.3. The Morgan fingerprint density at radius 3 is 2.12 bits per heavy atom. The third-order valence-corrected chi connectivity index (χ3v) is 7.69. The molecule has 3 fully saturated rings. The normalized spacial score (nSPS) is 25.7. The monoisotopic (exact) mass is 433 g/mol. The van der Waals surface area contributed by atoms with Crippen molar-refractivity contribution in [3.63, 3.8) is 0 Å². The van der Waals surface area contributed by atoms with Gasteiger partial charge in [0.2, 0.25) is 0 Å². The lowest BCUT2D eigenvalue weighted by Crippen LogP contribution is -2.36. The van der Waals surface area contributed by atoms with E-state index in [0.717, 1.165) is 63.7 Å². The van der Waals surface area contributed by atoms with Crippen molar-refractivity contribution in [3.8, 4) is 0 Å². The molecule has 1 N–H and O–H groups in total. The lowest BCUT2D eigenvalue weighted by Gasteiger charge is -2.28. The average molecular weight is 434 g/mol. The first-order valence-corrected chi connectivity index (χ1v) is 12.4. The zero-order valence-electron chi connectivity index (χ0n) is 20.0. The van der Waals surface area contributed by atoms with Gasteiger partial charge in [0.15, 0.2) is 0 Å². The molecule has 1 aliphatic carbocycles. The second kappa shape index (κ2) is 9.17. The molecule has 2 heterocycles. The number of piperidine rings is 1. The van der Waals surface area contributed by atoms with E-state index in [-0.39, 0.29) is 5.41 Å². The Hall–Kier alpha value is -1.88. The van der Waals surface area contributed by atoms with Crippen molar-refractivity contribution in [1.29, 1.82) is 0 Å². The van der Waals surface area contributed by atoms with Crippen molar-refractivity contribution >= 4 is 5.69 Å². The summed E-state index contributed by atoms with van der Waals surface area (Å²) in [6, 6.07) is 18.4. The lowest BCUT2D eigenvalue weighted by atomic mass is 9.87. The van der Waals surface area contributed by atoms with Gasteiger partial charge >= 0.3 is 0 Å². The lowest BCUT2D eigenvalue weighted by molar-refractivity contribution is 0.122. The first kappa shape index (κ1) is 21.9. The van der Waals surface area contributed by atoms with E-state index < -0.39 is 0 Å². The summed E-state index contributed by atoms with van der Waals surface area (Å²) in [7, 11) is 0. The average Bonchev–Trinajstić information content (AvgIpc) is 3.24. The Morgan fingerprint density at radius 2 is 1.50 bits per heavy atom. The molecule has 0 amide bonds. The SMILES string of the molecule is CC(C)(C)c1ccc(CN2CC3C(CNCc4ccc(N5CCOCC5)cc4)C3C2)cc1. The maximum absolute atomic E-state index is 5.45. The van der Waals surface area contributed by atoms with Gasteiger partial charge in [0.05, 0.1) is 13.2 Å². The predicted octanol–water partition coefficient (Wildman–Crippen LogP) is 4.29. The van der Waals surface area contributed by atoms with Crippen molar-refractivity contribution in [1.82, 2.24) is 10.2 Å². The highest BCUT2D eigenvalue weighted by atomic mass is 16.5. The molecular formula is C28H39N3O. The van der Waals surface area contributed by atoms with Crippen LogP contribution in [0.4, 0.5) is 5.69 Å². The minimum atomic E-state index is 0.235. The Balaban J connectivity index is 1.02. The highest BCUT2D eigenvalue weighted by Crippen LogP contribution is 2.51. The van der Waals surface area contributed by atoms with Gasteiger partial charge in [-0.25, -0.2) is 0 Å². The molecule has 2 atom stereocenters. The molecule has 0 spiro atoms. The van der Waals surface area contributed by atoms with Crippen LogP contribution >= 0.6 is 0 Å². The Bertz CT molecular complexity index is 868. The van der Waals surface area contributed by atoms with Gasteiger partial charge in [-0.3, -0.25) is 4.90 Å². The van der Waals surface area contributed by atoms with E-state index in [1.165, 1.54) is 35.5 Å². The summed E-state index contributed by atoms with van der Waals surface area (Å²) >= 11 is 0. The molecule has 0 bridgehead atoms. The minimum absolute atomic E-state index is 0.235. The van der Waals surface area contributed by atoms with Crippen molar-refractivity contribution in [2.45, 2.75) is 39.3 Å². The van der Waals surface area contributed by atoms with Gasteiger partial charge in [-0.1, -0.05) is 57.2 Å². The number of ether oxygens (including phenoxy) is 1. The number of hydrogen-bond donors (Lipinski definition) is 1. The number of nitrogens with one attached hydrogen (secondary N) is 1. The molecule has 4 nitrogen and oxygen atoms in total. The maximum Gasteiger partial charge on any atom is 0.0642 e. The summed E-state index contributed by atoms with van der Waals surface area (Å²) < 4.78 is 5.45. The van der Waals surface area contributed by atoms with E-state index in [9.17, 15) is 0 Å². The van der Waals surface area contributed by atoms with Gasteiger partial charge in [0, 0.05) is 45.0 Å². The number of rotatable bonds is 7. The van der Waals surface area contributed by atoms with Crippen LogP contribution in [0, 0.1) is 17.8 Å². The van der Waals surface area contributed by atoms with Crippen molar-refractivity contribution in [3.05, 3.63) is 65.2 Å². The Morgan fingerprint density at radius 1 is 0.875 bits per heavy atom. The number of morpholine rings is 1. The highest BCUT2D eigenvalue weighted by Gasteiger charge is 2.54. The van der Waals surface area contributed by atoms with Crippen LogP contribution in [0.1, 0.15) is 37.5 Å². The van der Waals surface area contributed by atoms with Gasteiger partial charge in [-0.05, 0) is 58.5 Å². The van der Waals surface area contributed by atoms with Crippen LogP contribution in [0.25, 0.3) is 0 Å². The second-order valence-corrected chi connectivity index (χ2v) is 11.0. The van der Waals surface area contributed by atoms with Gasteiger partial charge in [-0.15, -0.1) is 0 Å². The van der Waals surface area contributed by atoms with Crippen molar-refractivity contribution in [2.24, 2.45) is 17.8 Å². The molecule has 0 radical (unpaired) electrons. The minimum Gasteiger partial charge on any atom is -0.378 e. The molecule has 3 aliphatic rings. The third kappa shape index (κ3) is 5.03. The summed E-state index contributed by atoms with van der Waals surface area (Å²) in [5, 5.41) is 3.72. The Labute approximate surface area is 193 Å². The van der Waals surface area contributed by atoms with E-state index in [1.807, 2.05) is 0 Å². The quantitative estimate of drug-likeness (QED) is 0.705. The van der Waals surface area contributed by atoms with Crippen molar-refractivity contribution in [2.75, 3.05) is 50.8 Å². The first-order chi connectivity index (χ1) is 15.5. The van der Waals surface area contributed by atoms with E-state index in [1.54, 1.807) is 0 Å². The van der Waals surface area contributed by atoms with Gasteiger partial charge in [0.25, 0.3) is 0 Å². The fourth-order valence-electron chi connectivity index (χ4n) is 5.57. The van der Waals surface area contributed by atoms with Crippen LogP contribution in [0.3, 0.4) is 0 Å². The molecule has 2 unspecified atom stereocenters. The number of anilines is 1. The smallest absolute Gasteiger partial charge is 0.0642 e. The van der Waals surface area contributed by atoms with E-state index in [2.05, 4.69) is 84.4 Å². The van der Waals surface area contributed by atoms with Crippen LogP contribution in [0.5, 0.6) is 0 Å².